The third-order valence-corrected chi connectivity index (χ3v) is 3.84. The number of carbonyl (C=O) groups is 1. The molecule has 0 saturated carbocycles. The number of aromatic nitrogens is 2. The molecule has 1 amide bonds. The fourth-order valence-corrected chi connectivity index (χ4v) is 2.62. The highest BCUT2D eigenvalue weighted by Gasteiger charge is 2.26. The number of anilines is 1. The van der Waals surface area contributed by atoms with Gasteiger partial charge in [0.15, 0.2) is 0 Å². The number of nitrogens with one attached hydrogen (secondary N) is 2. The molecule has 4 nitrogen and oxygen atoms in total. The van der Waals surface area contributed by atoms with Gasteiger partial charge in [-0.2, -0.15) is 0 Å². The van der Waals surface area contributed by atoms with Crippen LogP contribution in [0, 0.1) is 11.7 Å². The highest BCUT2D eigenvalue weighted by molar-refractivity contribution is 6.31. The zero-order valence-corrected chi connectivity index (χ0v) is 11.4. The topological polar surface area (TPSA) is 57.8 Å². The lowest BCUT2D eigenvalue weighted by molar-refractivity contribution is -0.120. The van der Waals surface area contributed by atoms with Gasteiger partial charge >= 0.3 is 0 Å². The number of aryl methyl sites for hydroxylation is 1. The molecule has 0 saturated heterocycles. The molecule has 0 spiro atoms. The maximum absolute atomic E-state index is 13.1. The molecule has 104 valence electrons. The number of amides is 1. The summed E-state index contributed by atoms with van der Waals surface area (Å²) in [6, 6.07) is 4.16. The Labute approximate surface area is 120 Å². The fraction of sp³-hybridized carbons (Fsp3) is 0.286. The fourth-order valence-electron chi connectivity index (χ4n) is 2.44. The van der Waals surface area contributed by atoms with Gasteiger partial charge in [-0.1, -0.05) is 11.6 Å². The van der Waals surface area contributed by atoms with Crippen molar-refractivity contribution in [2.45, 2.75) is 19.3 Å². The Morgan fingerprint density at radius 2 is 2.35 bits per heavy atom. The van der Waals surface area contributed by atoms with Crippen molar-refractivity contribution in [2.24, 2.45) is 5.92 Å². The molecule has 1 heterocycles. The molecule has 0 fully saturated rings. The third kappa shape index (κ3) is 2.54. The van der Waals surface area contributed by atoms with E-state index < -0.39 is 5.82 Å². The summed E-state index contributed by atoms with van der Waals surface area (Å²) >= 11 is 5.70. The minimum Gasteiger partial charge on any atom is -0.348 e. The predicted octanol–water partition coefficient (Wildman–Crippen LogP) is 2.95. The lowest BCUT2D eigenvalue weighted by Gasteiger charge is -2.20. The van der Waals surface area contributed by atoms with E-state index in [2.05, 4.69) is 15.3 Å². The van der Waals surface area contributed by atoms with Gasteiger partial charge in [0.1, 0.15) is 5.82 Å². The van der Waals surface area contributed by atoms with Gasteiger partial charge < -0.3 is 10.3 Å². The van der Waals surface area contributed by atoms with E-state index in [1.165, 1.54) is 18.2 Å². The summed E-state index contributed by atoms with van der Waals surface area (Å²) in [5.74, 6) is -0.677. The Morgan fingerprint density at radius 1 is 1.50 bits per heavy atom. The van der Waals surface area contributed by atoms with Crippen molar-refractivity contribution in [1.82, 2.24) is 9.97 Å². The molecular weight excluding hydrogens is 281 g/mol. The number of benzene rings is 1. The Hall–Kier alpha value is -1.88. The van der Waals surface area contributed by atoms with E-state index in [4.69, 9.17) is 11.6 Å². The summed E-state index contributed by atoms with van der Waals surface area (Å²) in [5.41, 5.74) is 2.57. The molecule has 3 rings (SSSR count). The predicted molar refractivity (Wildman–Crippen MR) is 74.1 cm³/mol. The first-order chi connectivity index (χ1) is 9.63. The summed E-state index contributed by atoms with van der Waals surface area (Å²) in [5, 5.41) is 2.78. The Kier molecular flexibility index (Phi) is 3.44. The number of aromatic amines is 1. The molecule has 0 bridgehead atoms. The van der Waals surface area contributed by atoms with Crippen molar-refractivity contribution in [3.05, 3.63) is 46.8 Å². The number of halogens is 2. The van der Waals surface area contributed by atoms with Gasteiger partial charge in [-0.05, 0) is 31.0 Å². The highest BCUT2D eigenvalue weighted by Crippen LogP contribution is 2.25. The zero-order chi connectivity index (χ0) is 14.1. The molecule has 1 unspecified atom stereocenters. The van der Waals surface area contributed by atoms with E-state index in [9.17, 15) is 9.18 Å². The van der Waals surface area contributed by atoms with Gasteiger partial charge in [0.05, 0.1) is 17.0 Å². The number of nitrogens with zero attached hydrogens (tertiary/aromatic N) is 1. The maximum Gasteiger partial charge on any atom is 0.227 e. The van der Waals surface area contributed by atoms with E-state index in [1.54, 1.807) is 6.33 Å². The Balaban J connectivity index is 1.69. The van der Waals surface area contributed by atoms with E-state index in [0.29, 0.717) is 12.1 Å². The molecule has 1 aromatic heterocycles. The number of hydrogen-bond donors (Lipinski definition) is 2. The molecule has 2 N–H and O–H groups in total. The molecule has 20 heavy (non-hydrogen) atoms. The quantitative estimate of drug-likeness (QED) is 0.894. The average Bonchev–Trinajstić information content (AvgIpc) is 2.90. The molecule has 1 aliphatic rings. The van der Waals surface area contributed by atoms with Gasteiger partial charge in [-0.3, -0.25) is 4.79 Å². The molecule has 1 aliphatic carbocycles. The van der Waals surface area contributed by atoms with E-state index in [1.807, 2.05) is 0 Å². The molecule has 0 radical (unpaired) electrons. The van der Waals surface area contributed by atoms with Crippen LogP contribution in [0.4, 0.5) is 10.1 Å². The average molecular weight is 294 g/mol. The van der Waals surface area contributed by atoms with Crippen LogP contribution in [-0.2, 0) is 17.6 Å². The maximum atomic E-state index is 13.1. The van der Waals surface area contributed by atoms with Crippen LogP contribution in [0.25, 0.3) is 0 Å². The van der Waals surface area contributed by atoms with Crippen LogP contribution in [0.2, 0.25) is 5.02 Å². The van der Waals surface area contributed by atoms with Crippen molar-refractivity contribution in [3.63, 3.8) is 0 Å². The summed E-state index contributed by atoms with van der Waals surface area (Å²) in [6.07, 6.45) is 3.86. The van der Waals surface area contributed by atoms with Crippen molar-refractivity contribution in [2.75, 3.05) is 5.32 Å². The second kappa shape index (κ2) is 5.25. The van der Waals surface area contributed by atoms with Gasteiger partial charge in [0.2, 0.25) is 5.91 Å². The molecule has 6 heteroatoms. The van der Waals surface area contributed by atoms with Gasteiger partial charge in [0.25, 0.3) is 0 Å². The number of imidazole rings is 1. The second-order valence-electron chi connectivity index (χ2n) is 4.89. The normalized spacial score (nSPS) is 17.6. The van der Waals surface area contributed by atoms with Gasteiger partial charge in [0, 0.05) is 23.7 Å². The van der Waals surface area contributed by atoms with E-state index in [-0.39, 0.29) is 16.8 Å². The van der Waals surface area contributed by atoms with Crippen molar-refractivity contribution in [3.8, 4) is 0 Å². The number of H-pyrrole nitrogens is 1. The van der Waals surface area contributed by atoms with E-state index in [0.717, 1.165) is 24.2 Å². The molecule has 2 aromatic rings. The largest absolute Gasteiger partial charge is 0.348 e. The second-order valence-corrected chi connectivity index (χ2v) is 5.29. The van der Waals surface area contributed by atoms with Crippen LogP contribution in [0.5, 0.6) is 0 Å². The van der Waals surface area contributed by atoms with Gasteiger partial charge in [-0.15, -0.1) is 0 Å². The van der Waals surface area contributed by atoms with Crippen LogP contribution in [0.3, 0.4) is 0 Å². The number of carbonyl (C=O) groups excluding carboxylic acids is 1. The Bertz CT molecular complexity index is 656. The molecule has 0 aliphatic heterocycles. The van der Waals surface area contributed by atoms with Crippen molar-refractivity contribution >= 4 is 23.2 Å². The van der Waals surface area contributed by atoms with Crippen LogP contribution in [-0.4, -0.2) is 15.9 Å². The van der Waals surface area contributed by atoms with E-state index >= 15 is 0 Å². The highest BCUT2D eigenvalue weighted by atomic mass is 35.5. The number of hydrogen-bond acceptors (Lipinski definition) is 2. The lowest BCUT2D eigenvalue weighted by Crippen LogP contribution is -2.28. The first-order valence-corrected chi connectivity index (χ1v) is 6.78. The number of rotatable bonds is 2. The minimum absolute atomic E-state index is 0.00213. The molecular formula is C14H13ClFN3O. The third-order valence-electron chi connectivity index (χ3n) is 3.55. The van der Waals surface area contributed by atoms with Crippen LogP contribution >= 0.6 is 11.6 Å². The molecule has 1 aromatic carbocycles. The summed E-state index contributed by atoms with van der Waals surface area (Å²) < 4.78 is 13.1. The van der Waals surface area contributed by atoms with Crippen LogP contribution in [0.1, 0.15) is 17.8 Å². The zero-order valence-electron chi connectivity index (χ0n) is 10.6. The number of fused-ring (bicyclic) bond motifs is 1. The minimum atomic E-state index is -0.496. The van der Waals surface area contributed by atoms with Crippen molar-refractivity contribution in [1.29, 1.82) is 0 Å². The van der Waals surface area contributed by atoms with Crippen molar-refractivity contribution < 1.29 is 9.18 Å². The Morgan fingerprint density at radius 3 is 3.15 bits per heavy atom. The first kappa shape index (κ1) is 13.1. The lowest BCUT2D eigenvalue weighted by atomic mass is 9.89. The summed E-state index contributed by atoms with van der Waals surface area (Å²) in [7, 11) is 0. The summed E-state index contributed by atoms with van der Waals surface area (Å²) in [6.45, 7) is 0. The standard InChI is InChI=1S/C14H13ClFN3O/c15-10-6-9(2-3-11(10)16)19-14(20)8-1-4-12-13(5-8)18-7-17-12/h2-3,6-8H,1,4-5H2,(H,17,18)(H,19,20). The summed E-state index contributed by atoms with van der Waals surface area (Å²) in [4.78, 5) is 19.5. The molecule has 1 atom stereocenters. The van der Waals surface area contributed by atoms with Gasteiger partial charge in [-0.25, -0.2) is 9.37 Å². The van der Waals surface area contributed by atoms with Crippen LogP contribution in [0.15, 0.2) is 24.5 Å². The first-order valence-electron chi connectivity index (χ1n) is 6.40. The monoisotopic (exact) mass is 293 g/mol. The van der Waals surface area contributed by atoms with Crippen LogP contribution < -0.4 is 5.32 Å². The SMILES string of the molecule is O=C(Nc1ccc(F)c(Cl)c1)C1CCc2nc[nH]c2C1. The smallest absolute Gasteiger partial charge is 0.227 e.